The molecular formula is C21H14N4OS. The van der Waals surface area contributed by atoms with E-state index in [0.717, 1.165) is 37.8 Å². The lowest BCUT2D eigenvalue weighted by Gasteiger charge is -2.03. The predicted octanol–water partition coefficient (Wildman–Crippen LogP) is 5.38. The Balaban J connectivity index is 1.67. The second kappa shape index (κ2) is 6.41. The van der Waals surface area contributed by atoms with Gasteiger partial charge in [-0.2, -0.15) is 0 Å². The highest BCUT2D eigenvalue weighted by Crippen LogP contribution is 2.38. The first-order chi connectivity index (χ1) is 13.3. The molecule has 3 heterocycles. The lowest BCUT2D eigenvalue weighted by atomic mass is 10.1. The van der Waals surface area contributed by atoms with E-state index in [0.29, 0.717) is 11.2 Å². The van der Waals surface area contributed by atoms with E-state index in [2.05, 4.69) is 27.5 Å². The van der Waals surface area contributed by atoms with Gasteiger partial charge in [-0.15, -0.1) is 21.5 Å². The van der Waals surface area contributed by atoms with E-state index in [4.69, 9.17) is 9.51 Å². The molecule has 0 unspecified atom stereocenters. The summed E-state index contributed by atoms with van der Waals surface area (Å²) in [6.07, 6.45) is 1.63. The number of nitrogens with zero attached hydrogens (tertiary/aromatic N) is 4. The second-order valence-electron chi connectivity index (χ2n) is 6.14. The molecule has 2 aromatic carbocycles. The molecule has 0 N–H and O–H groups in total. The van der Waals surface area contributed by atoms with Crippen molar-refractivity contribution in [3.63, 3.8) is 0 Å². The molecule has 5 nitrogen and oxygen atoms in total. The number of hydrogen-bond acceptors (Lipinski definition) is 6. The van der Waals surface area contributed by atoms with Crippen LogP contribution in [0.1, 0.15) is 5.69 Å². The van der Waals surface area contributed by atoms with Crippen molar-refractivity contribution in [2.24, 2.45) is 0 Å². The van der Waals surface area contributed by atoms with Crippen LogP contribution in [0.2, 0.25) is 0 Å². The fourth-order valence-electron chi connectivity index (χ4n) is 3.06. The molecular weight excluding hydrogens is 356 g/mol. The Morgan fingerprint density at radius 3 is 2.22 bits per heavy atom. The van der Waals surface area contributed by atoms with Crippen LogP contribution in [-0.4, -0.2) is 20.3 Å². The first-order valence-corrected chi connectivity index (χ1v) is 9.32. The van der Waals surface area contributed by atoms with Gasteiger partial charge in [0.25, 0.3) is 0 Å². The summed E-state index contributed by atoms with van der Waals surface area (Å²) in [5.41, 5.74) is 5.15. The minimum atomic E-state index is 0.709. The summed E-state index contributed by atoms with van der Waals surface area (Å²) in [7, 11) is 0. The molecule has 3 aromatic heterocycles. The molecule has 0 spiro atoms. The van der Waals surface area contributed by atoms with Gasteiger partial charge in [-0.3, -0.25) is 0 Å². The zero-order valence-electron chi connectivity index (χ0n) is 14.5. The summed E-state index contributed by atoms with van der Waals surface area (Å²) in [6.45, 7) is 1.99. The fourth-order valence-corrected chi connectivity index (χ4v) is 4.13. The molecule has 0 radical (unpaired) electrons. The van der Waals surface area contributed by atoms with Gasteiger partial charge in [-0.25, -0.2) is 4.98 Å². The van der Waals surface area contributed by atoms with Crippen molar-refractivity contribution in [1.82, 2.24) is 20.3 Å². The molecule has 130 valence electrons. The predicted molar refractivity (Wildman–Crippen MR) is 106 cm³/mol. The summed E-state index contributed by atoms with van der Waals surface area (Å²) in [5, 5.41) is 15.0. The lowest BCUT2D eigenvalue weighted by Crippen LogP contribution is -1.93. The monoisotopic (exact) mass is 370 g/mol. The Kier molecular flexibility index (Phi) is 3.76. The van der Waals surface area contributed by atoms with Crippen molar-refractivity contribution in [3.05, 3.63) is 72.6 Å². The van der Waals surface area contributed by atoms with Gasteiger partial charge < -0.3 is 4.52 Å². The molecule has 0 atom stereocenters. The minimum Gasteiger partial charge on any atom is -0.363 e. The van der Waals surface area contributed by atoms with Crippen LogP contribution in [0.25, 0.3) is 43.3 Å². The first kappa shape index (κ1) is 15.8. The maximum atomic E-state index is 5.27. The highest BCUT2D eigenvalue weighted by molar-refractivity contribution is 7.18. The van der Waals surface area contributed by atoms with Crippen LogP contribution in [-0.2, 0) is 0 Å². The third-order valence-electron chi connectivity index (χ3n) is 4.38. The Bertz CT molecular complexity index is 1230. The molecule has 5 aromatic rings. The van der Waals surface area contributed by atoms with E-state index >= 15 is 0 Å². The topological polar surface area (TPSA) is 64.7 Å². The lowest BCUT2D eigenvalue weighted by molar-refractivity contribution is 0.428. The van der Waals surface area contributed by atoms with Crippen molar-refractivity contribution in [3.8, 4) is 32.4 Å². The van der Waals surface area contributed by atoms with Crippen molar-refractivity contribution in [2.45, 2.75) is 6.92 Å². The van der Waals surface area contributed by atoms with E-state index < -0.39 is 0 Å². The van der Waals surface area contributed by atoms with Crippen LogP contribution in [0.4, 0.5) is 0 Å². The Morgan fingerprint density at radius 1 is 0.815 bits per heavy atom. The van der Waals surface area contributed by atoms with Crippen molar-refractivity contribution < 1.29 is 4.52 Å². The summed E-state index contributed by atoms with van der Waals surface area (Å²) >= 11 is 1.60. The smallest absolute Gasteiger partial charge is 0.144 e. The van der Waals surface area contributed by atoms with Crippen LogP contribution >= 0.6 is 11.3 Å². The highest BCUT2D eigenvalue weighted by atomic mass is 32.1. The van der Waals surface area contributed by atoms with Crippen LogP contribution in [0, 0.1) is 6.92 Å². The number of aromatic nitrogens is 4. The van der Waals surface area contributed by atoms with Gasteiger partial charge >= 0.3 is 0 Å². The number of benzene rings is 2. The van der Waals surface area contributed by atoms with Gasteiger partial charge in [-0.05, 0) is 6.92 Å². The molecule has 5 rings (SSSR count). The zero-order chi connectivity index (χ0) is 18.2. The Labute approximate surface area is 159 Å². The number of rotatable bonds is 3. The summed E-state index contributed by atoms with van der Waals surface area (Å²) in [5.74, 6) is 0. The zero-order valence-corrected chi connectivity index (χ0v) is 15.3. The first-order valence-electron chi connectivity index (χ1n) is 8.50. The van der Waals surface area contributed by atoms with E-state index in [1.165, 1.54) is 0 Å². The van der Waals surface area contributed by atoms with Crippen LogP contribution in [0.15, 0.2) is 71.4 Å². The Morgan fingerprint density at radius 2 is 1.48 bits per heavy atom. The van der Waals surface area contributed by atoms with Gasteiger partial charge in [0.2, 0.25) is 0 Å². The van der Waals surface area contributed by atoms with E-state index in [-0.39, 0.29) is 0 Å². The fraction of sp³-hybridized carbons (Fsp3) is 0.0476. The molecule has 0 saturated heterocycles. The Hall–Kier alpha value is -3.38. The van der Waals surface area contributed by atoms with Gasteiger partial charge in [0, 0.05) is 11.1 Å². The summed E-state index contributed by atoms with van der Waals surface area (Å²) in [6, 6.07) is 20.0. The summed E-state index contributed by atoms with van der Waals surface area (Å²) in [4.78, 5) is 5.71. The molecule has 0 fully saturated rings. The number of thiazole rings is 1. The van der Waals surface area contributed by atoms with Gasteiger partial charge in [-0.1, -0.05) is 65.8 Å². The van der Waals surface area contributed by atoms with Crippen LogP contribution in [0.3, 0.4) is 0 Å². The van der Waals surface area contributed by atoms with Crippen molar-refractivity contribution in [1.29, 1.82) is 0 Å². The largest absolute Gasteiger partial charge is 0.363 e. The van der Waals surface area contributed by atoms with Gasteiger partial charge in [0.15, 0.2) is 0 Å². The molecule has 0 aliphatic rings. The average molecular weight is 370 g/mol. The minimum absolute atomic E-state index is 0.709. The molecule has 0 bridgehead atoms. The third kappa shape index (κ3) is 2.71. The molecule has 6 heteroatoms. The number of fused-ring (bicyclic) bond motifs is 1. The van der Waals surface area contributed by atoms with Crippen LogP contribution in [0.5, 0.6) is 0 Å². The molecule has 27 heavy (non-hydrogen) atoms. The maximum Gasteiger partial charge on any atom is 0.144 e. The van der Waals surface area contributed by atoms with E-state index in [1.54, 1.807) is 17.6 Å². The van der Waals surface area contributed by atoms with Gasteiger partial charge in [0.05, 0.1) is 16.0 Å². The SMILES string of the molecule is Cc1nc(-c2ccccc2)sc1-c1nnc(-c2ccccc2)c2nocc12. The third-order valence-corrected chi connectivity index (χ3v) is 5.59. The summed E-state index contributed by atoms with van der Waals surface area (Å²) < 4.78 is 5.27. The number of aryl methyl sites for hydroxylation is 1. The molecule has 0 aliphatic heterocycles. The van der Waals surface area contributed by atoms with Crippen molar-refractivity contribution >= 4 is 22.2 Å². The molecule has 0 saturated carbocycles. The van der Waals surface area contributed by atoms with E-state index in [1.807, 2.05) is 55.5 Å². The maximum absolute atomic E-state index is 5.27. The number of hydrogen-bond donors (Lipinski definition) is 0. The van der Waals surface area contributed by atoms with Crippen molar-refractivity contribution in [2.75, 3.05) is 0 Å². The second-order valence-corrected chi connectivity index (χ2v) is 7.14. The standard InChI is InChI=1S/C21H14N4OS/c1-13-20(27-21(22-13)15-10-6-3-7-11-15)19-16-12-26-25-18(16)17(23-24-19)14-8-4-2-5-9-14/h2-12H,1H3. The van der Waals surface area contributed by atoms with E-state index in [9.17, 15) is 0 Å². The molecule has 0 aliphatic carbocycles. The normalized spacial score (nSPS) is 11.1. The molecule has 0 amide bonds. The quantitative estimate of drug-likeness (QED) is 0.426. The average Bonchev–Trinajstić information content (AvgIpc) is 3.36. The highest BCUT2D eigenvalue weighted by Gasteiger charge is 2.20. The van der Waals surface area contributed by atoms with Crippen LogP contribution < -0.4 is 0 Å². The van der Waals surface area contributed by atoms with Gasteiger partial charge in [0.1, 0.15) is 28.2 Å².